The van der Waals surface area contributed by atoms with Crippen molar-refractivity contribution in [3.05, 3.63) is 0 Å². The van der Waals surface area contributed by atoms with E-state index in [0.29, 0.717) is 25.8 Å². The summed E-state index contributed by atoms with van der Waals surface area (Å²) in [6.07, 6.45) is 6.04. The van der Waals surface area contributed by atoms with Gasteiger partial charge in [-0.15, -0.1) is 0 Å². The number of rotatable bonds is 5. The van der Waals surface area contributed by atoms with Gasteiger partial charge in [-0.05, 0) is 19.3 Å². The molecule has 2 atom stereocenters. The third kappa shape index (κ3) is 3.95. The number of carbonyl (C=O) groups excluding carboxylic acids is 1. The second-order valence-electron chi connectivity index (χ2n) is 6.27. The predicted molar refractivity (Wildman–Crippen MR) is 78.0 cm³/mol. The van der Waals surface area contributed by atoms with Gasteiger partial charge in [-0.2, -0.15) is 0 Å². The van der Waals surface area contributed by atoms with Crippen molar-refractivity contribution in [3.8, 4) is 0 Å². The molecule has 2 fully saturated rings. The number of ether oxygens (including phenoxy) is 1. The summed E-state index contributed by atoms with van der Waals surface area (Å²) in [5.41, 5.74) is -0.786. The Bertz CT molecular complexity index is 378. The molecule has 6 nitrogen and oxygen atoms in total. The molecule has 2 unspecified atom stereocenters. The molecule has 2 rings (SSSR count). The quantitative estimate of drug-likeness (QED) is 0.657. The van der Waals surface area contributed by atoms with Gasteiger partial charge in [0.15, 0.2) is 0 Å². The zero-order valence-corrected chi connectivity index (χ0v) is 12.7. The fourth-order valence-corrected chi connectivity index (χ4v) is 3.33. The number of aliphatic carboxylic acids is 1. The fourth-order valence-electron chi connectivity index (χ4n) is 3.33. The highest BCUT2D eigenvalue weighted by molar-refractivity contribution is 5.83. The van der Waals surface area contributed by atoms with Crippen LogP contribution in [0.2, 0.25) is 0 Å². The van der Waals surface area contributed by atoms with E-state index in [1.807, 2.05) is 0 Å². The van der Waals surface area contributed by atoms with Crippen LogP contribution < -0.4 is 10.6 Å². The first kappa shape index (κ1) is 16.2. The molecule has 3 N–H and O–H groups in total. The number of hydrogen-bond acceptors (Lipinski definition) is 4. The highest BCUT2D eigenvalue weighted by atomic mass is 16.5. The highest BCUT2D eigenvalue weighted by Gasteiger charge is 2.39. The van der Waals surface area contributed by atoms with Crippen molar-refractivity contribution in [3.63, 3.8) is 0 Å². The Labute approximate surface area is 125 Å². The van der Waals surface area contributed by atoms with Crippen LogP contribution in [0, 0.1) is 5.41 Å². The summed E-state index contributed by atoms with van der Waals surface area (Å²) in [6, 6.07) is -0.272. The van der Waals surface area contributed by atoms with Crippen LogP contribution in [0.5, 0.6) is 0 Å². The standard InChI is InChI=1S/C15H26N2O4/c1-21-11-8-12(16-9-11)13(18)17-10-15(14(19)20)6-4-2-3-5-7-15/h11-12,16H,2-10H2,1H3,(H,17,18)(H,19,20). The second-order valence-corrected chi connectivity index (χ2v) is 6.27. The number of carboxylic acid groups (broad SMARTS) is 1. The average Bonchev–Trinajstić information content (AvgIpc) is 2.83. The zero-order chi connectivity index (χ0) is 15.3. The molecule has 0 radical (unpaired) electrons. The summed E-state index contributed by atoms with van der Waals surface area (Å²) in [4.78, 5) is 23.9. The van der Waals surface area contributed by atoms with Crippen LogP contribution in [-0.2, 0) is 14.3 Å². The van der Waals surface area contributed by atoms with Gasteiger partial charge in [0.05, 0.1) is 17.6 Å². The Morgan fingerprint density at radius 3 is 2.48 bits per heavy atom. The first-order valence-electron chi connectivity index (χ1n) is 7.85. The first-order chi connectivity index (χ1) is 10.1. The summed E-state index contributed by atoms with van der Waals surface area (Å²) in [6.45, 7) is 0.898. The Balaban J connectivity index is 1.89. The van der Waals surface area contributed by atoms with Crippen molar-refractivity contribution >= 4 is 11.9 Å². The third-order valence-electron chi connectivity index (χ3n) is 4.86. The van der Waals surface area contributed by atoms with Gasteiger partial charge in [0.1, 0.15) is 0 Å². The molecule has 0 aromatic carbocycles. The molecule has 2 aliphatic rings. The first-order valence-corrected chi connectivity index (χ1v) is 7.85. The summed E-state index contributed by atoms with van der Waals surface area (Å²) in [5.74, 6) is -0.890. The molecule has 0 aromatic heterocycles. The number of carbonyl (C=O) groups is 2. The molecule has 1 saturated heterocycles. The molecular weight excluding hydrogens is 272 g/mol. The van der Waals surface area contributed by atoms with E-state index in [-0.39, 0.29) is 24.6 Å². The van der Waals surface area contributed by atoms with Gasteiger partial charge in [0.25, 0.3) is 0 Å². The van der Waals surface area contributed by atoms with E-state index in [1.165, 1.54) is 0 Å². The van der Waals surface area contributed by atoms with Crippen LogP contribution in [0.25, 0.3) is 0 Å². The molecule has 1 aliphatic carbocycles. The molecule has 120 valence electrons. The number of carboxylic acids is 1. The van der Waals surface area contributed by atoms with Crippen molar-refractivity contribution in [2.75, 3.05) is 20.2 Å². The lowest BCUT2D eigenvalue weighted by Gasteiger charge is -2.28. The fraction of sp³-hybridized carbons (Fsp3) is 0.867. The van der Waals surface area contributed by atoms with Crippen molar-refractivity contribution < 1.29 is 19.4 Å². The monoisotopic (exact) mass is 298 g/mol. The lowest BCUT2D eigenvalue weighted by atomic mass is 9.80. The van der Waals surface area contributed by atoms with E-state index in [4.69, 9.17) is 4.74 Å². The molecule has 1 saturated carbocycles. The summed E-state index contributed by atoms with van der Waals surface area (Å²) >= 11 is 0. The third-order valence-corrected chi connectivity index (χ3v) is 4.86. The second kappa shape index (κ2) is 7.22. The summed E-state index contributed by atoms with van der Waals surface area (Å²) in [5, 5.41) is 15.6. The smallest absolute Gasteiger partial charge is 0.311 e. The van der Waals surface area contributed by atoms with Crippen LogP contribution >= 0.6 is 0 Å². The lowest BCUT2D eigenvalue weighted by molar-refractivity contribution is -0.149. The predicted octanol–water partition coefficient (Wildman–Crippen LogP) is 0.905. The number of hydrogen-bond donors (Lipinski definition) is 3. The van der Waals surface area contributed by atoms with E-state index >= 15 is 0 Å². The number of methoxy groups -OCH3 is 1. The van der Waals surface area contributed by atoms with Crippen LogP contribution in [0.4, 0.5) is 0 Å². The topological polar surface area (TPSA) is 87.7 Å². The maximum Gasteiger partial charge on any atom is 0.311 e. The average molecular weight is 298 g/mol. The van der Waals surface area contributed by atoms with Gasteiger partial charge in [-0.25, -0.2) is 0 Å². The minimum absolute atomic E-state index is 0.0621. The Morgan fingerprint density at radius 1 is 1.29 bits per heavy atom. The minimum atomic E-state index is -0.786. The zero-order valence-electron chi connectivity index (χ0n) is 12.7. The Hall–Kier alpha value is -1.14. The summed E-state index contributed by atoms with van der Waals surface area (Å²) < 4.78 is 5.22. The lowest BCUT2D eigenvalue weighted by Crippen LogP contribution is -2.47. The van der Waals surface area contributed by atoms with Crippen molar-refractivity contribution in [2.24, 2.45) is 5.41 Å². The molecule has 0 aromatic rings. The molecule has 1 heterocycles. The molecule has 0 bridgehead atoms. The van der Waals surface area contributed by atoms with E-state index in [0.717, 1.165) is 25.7 Å². The minimum Gasteiger partial charge on any atom is -0.481 e. The highest BCUT2D eigenvalue weighted by Crippen LogP contribution is 2.34. The van der Waals surface area contributed by atoms with E-state index in [1.54, 1.807) is 7.11 Å². The van der Waals surface area contributed by atoms with Gasteiger partial charge < -0.3 is 20.5 Å². The number of nitrogens with one attached hydrogen (secondary N) is 2. The van der Waals surface area contributed by atoms with E-state index < -0.39 is 11.4 Å². The van der Waals surface area contributed by atoms with Gasteiger partial charge in [-0.1, -0.05) is 25.7 Å². The molecular formula is C15H26N2O4. The maximum atomic E-state index is 12.2. The van der Waals surface area contributed by atoms with E-state index in [9.17, 15) is 14.7 Å². The van der Waals surface area contributed by atoms with Gasteiger partial charge in [-0.3, -0.25) is 9.59 Å². The SMILES string of the molecule is COC1CNC(C(=O)NCC2(C(=O)O)CCCCCC2)C1. The Kier molecular flexibility index (Phi) is 5.58. The van der Waals surface area contributed by atoms with Crippen molar-refractivity contribution in [2.45, 2.75) is 57.1 Å². The molecule has 1 amide bonds. The summed E-state index contributed by atoms with van der Waals surface area (Å²) in [7, 11) is 1.64. The van der Waals surface area contributed by atoms with Crippen LogP contribution in [0.15, 0.2) is 0 Å². The molecule has 1 aliphatic heterocycles. The molecule has 0 spiro atoms. The van der Waals surface area contributed by atoms with Crippen LogP contribution in [0.1, 0.15) is 44.9 Å². The van der Waals surface area contributed by atoms with Gasteiger partial charge >= 0.3 is 5.97 Å². The maximum absolute atomic E-state index is 12.2. The van der Waals surface area contributed by atoms with Crippen molar-refractivity contribution in [1.82, 2.24) is 10.6 Å². The van der Waals surface area contributed by atoms with Crippen LogP contribution in [-0.4, -0.2) is 49.3 Å². The number of amides is 1. The van der Waals surface area contributed by atoms with Gasteiger partial charge in [0.2, 0.25) is 5.91 Å². The van der Waals surface area contributed by atoms with Gasteiger partial charge in [0, 0.05) is 20.2 Å². The molecule has 6 heteroatoms. The van der Waals surface area contributed by atoms with Crippen molar-refractivity contribution in [1.29, 1.82) is 0 Å². The normalized spacial score (nSPS) is 28.8. The molecule has 21 heavy (non-hydrogen) atoms. The largest absolute Gasteiger partial charge is 0.481 e. The van der Waals surface area contributed by atoms with E-state index in [2.05, 4.69) is 10.6 Å². The Morgan fingerprint density at radius 2 is 1.95 bits per heavy atom. The van der Waals surface area contributed by atoms with Crippen LogP contribution in [0.3, 0.4) is 0 Å².